The maximum Gasteiger partial charge on any atom is 0.238 e. The molecule has 7 rings (SSSR count). The number of ketones is 2. The summed E-state index contributed by atoms with van der Waals surface area (Å²) in [5.41, 5.74) is 3.75. The second kappa shape index (κ2) is 10.2. The number of Topliss-reactive ketones (excluding diaryl/α,β-unsaturated/α-hetero) is 2. The lowest BCUT2D eigenvalue weighted by Crippen LogP contribution is -2.49. The Morgan fingerprint density at radius 1 is 0.930 bits per heavy atom. The van der Waals surface area contributed by atoms with Gasteiger partial charge < -0.3 is 15.0 Å². The number of anilines is 1. The van der Waals surface area contributed by atoms with E-state index in [-0.39, 0.29) is 24.1 Å². The number of rotatable bonds is 7. The molecule has 1 N–H and O–H groups in total. The Balaban J connectivity index is 1.50. The highest BCUT2D eigenvalue weighted by Gasteiger charge is 2.70. The van der Waals surface area contributed by atoms with Crippen molar-refractivity contribution < 1.29 is 19.1 Å². The van der Waals surface area contributed by atoms with E-state index in [0.29, 0.717) is 22.6 Å². The molecule has 0 aromatic heterocycles. The zero-order valence-electron chi connectivity index (χ0n) is 23.7. The summed E-state index contributed by atoms with van der Waals surface area (Å²) in [6, 6.07) is 28.2. The average Bonchev–Trinajstić information content (AvgIpc) is 3.52. The quantitative estimate of drug-likeness (QED) is 0.203. The van der Waals surface area contributed by atoms with Gasteiger partial charge in [-0.2, -0.15) is 0 Å². The average molecular weight is 567 g/mol. The molecule has 4 atom stereocenters. The van der Waals surface area contributed by atoms with Gasteiger partial charge in [0.25, 0.3) is 0 Å². The summed E-state index contributed by atoms with van der Waals surface area (Å²) in [5.74, 6) is -1.31. The zero-order chi connectivity index (χ0) is 29.7. The summed E-state index contributed by atoms with van der Waals surface area (Å²) in [7, 11) is 0. The molecule has 1 amide bonds. The summed E-state index contributed by atoms with van der Waals surface area (Å²) in [4.78, 5) is 46.1. The second-order valence-corrected chi connectivity index (χ2v) is 11.3. The number of ether oxygens (including phenoxy) is 1. The standard InChI is InChI=1S/C37H30N2O4/c1-3-21-43-27-11-8-10-26(22-27)33(40)31-32(34(41)25-17-15-23(2)16-18-25)39-20-19-24-9-4-5-12-28(24)35(39)37(31)29-13-6-7-14-30(29)38-36(37)42/h3-20,22,31-32,35H,1,21H2,2H3,(H,38,42)/t31-,32-,35-,37+/m1/s1. The third-order valence-corrected chi connectivity index (χ3v) is 8.94. The van der Waals surface area contributed by atoms with E-state index in [4.69, 9.17) is 4.74 Å². The summed E-state index contributed by atoms with van der Waals surface area (Å²) in [6.45, 7) is 5.96. The van der Waals surface area contributed by atoms with Crippen molar-refractivity contribution in [1.29, 1.82) is 0 Å². The Labute approximate surface area is 250 Å². The van der Waals surface area contributed by atoms with Gasteiger partial charge in [-0.05, 0) is 47.9 Å². The number of amides is 1. The first-order chi connectivity index (χ1) is 20.9. The SMILES string of the molecule is C=CCOc1cccc(C(=O)[C@H]2[C@H](C(=O)c3ccc(C)cc3)N3C=Cc4ccccc4[C@@H]3[C@@]23C(=O)Nc2ccccc23)c1. The lowest BCUT2D eigenvalue weighted by molar-refractivity contribution is -0.122. The minimum absolute atomic E-state index is 0.208. The van der Waals surface area contributed by atoms with Crippen molar-refractivity contribution in [3.05, 3.63) is 149 Å². The van der Waals surface area contributed by atoms with Crippen molar-refractivity contribution in [3.63, 3.8) is 0 Å². The van der Waals surface area contributed by atoms with Gasteiger partial charge in [0.1, 0.15) is 23.8 Å². The maximum absolute atomic E-state index is 15.0. The van der Waals surface area contributed by atoms with Crippen LogP contribution >= 0.6 is 0 Å². The van der Waals surface area contributed by atoms with Crippen molar-refractivity contribution in [2.75, 3.05) is 11.9 Å². The fourth-order valence-electron chi connectivity index (χ4n) is 7.13. The Kier molecular flexibility index (Phi) is 6.35. The molecule has 1 spiro atoms. The van der Waals surface area contributed by atoms with Gasteiger partial charge in [0, 0.05) is 23.0 Å². The van der Waals surface area contributed by atoms with E-state index in [9.17, 15) is 14.4 Å². The maximum atomic E-state index is 15.0. The molecule has 3 heterocycles. The van der Waals surface area contributed by atoms with E-state index >= 15 is 0 Å². The molecule has 3 aliphatic rings. The van der Waals surface area contributed by atoms with E-state index in [2.05, 4.69) is 11.9 Å². The van der Waals surface area contributed by atoms with Crippen LogP contribution in [0.4, 0.5) is 5.69 Å². The highest BCUT2D eigenvalue weighted by Crippen LogP contribution is 2.62. The van der Waals surface area contributed by atoms with Crippen molar-refractivity contribution in [1.82, 2.24) is 4.90 Å². The first-order valence-corrected chi connectivity index (χ1v) is 14.4. The molecule has 0 saturated carbocycles. The lowest BCUT2D eigenvalue weighted by atomic mass is 9.62. The minimum Gasteiger partial charge on any atom is -0.490 e. The van der Waals surface area contributed by atoms with Crippen LogP contribution in [0.1, 0.15) is 49.0 Å². The highest BCUT2D eigenvalue weighted by atomic mass is 16.5. The van der Waals surface area contributed by atoms with Gasteiger partial charge in [0.05, 0.1) is 12.0 Å². The molecule has 6 nitrogen and oxygen atoms in total. The third-order valence-electron chi connectivity index (χ3n) is 8.94. The number of nitrogens with one attached hydrogen (secondary N) is 1. The zero-order valence-corrected chi connectivity index (χ0v) is 23.7. The Bertz CT molecular complexity index is 1820. The van der Waals surface area contributed by atoms with Crippen molar-refractivity contribution in [2.45, 2.75) is 24.4 Å². The lowest BCUT2D eigenvalue weighted by Gasteiger charge is -2.38. The first kappa shape index (κ1) is 26.7. The highest BCUT2D eigenvalue weighted by molar-refractivity contribution is 6.16. The molecule has 4 aromatic carbocycles. The third kappa shape index (κ3) is 3.97. The summed E-state index contributed by atoms with van der Waals surface area (Å²) in [5, 5.41) is 3.09. The monoisotopic (exact) mass is 566 g/mol. The molecule has 0 radical (unpaired) electrons. The van der Waals surface area contributed by atoms with Gasteiger partial charge in [-0.1, -0.05) is 97.1 Å². The molecule has 43 heavy (non-hydrogen) atoms. The van der Waals surface area contributed by atoms with E-state index in [1.165, 1.54) is 0 Å². The van der Waals surface area contributed by atoms with E-state index < -0.39 is 23.4 Å². The Morgan fingerprint density at radius 2 is 1.70 bits per heavy atom. The van der Waals surface area contributed by atoms with Crippen LogP contribution in [0.25, 0.3) is 6.08 Å². The van der Waals surface area contributed by atoms with Crippen LogP contribution in [0, 0.1) is 12.8 Å². The predicted molar refractivity (Wildman–Crippen MR) is 166 cm³/mol. The predicted octanol–water partition coefficient (Wildman–Crippen LogP) is 6.54. The van der Waals surface area contributed by atoms with Crippen molar-refractivity contribution >= 4 is 29.2 Å². The number of para-hydroxylation sites is 1. The summed E-state index contributed by atoms with van der Waals surface area (Å²) in [6.07, 6.45) is 5.49. The molecule has 4 aromatic rings. The van der Waals surface area contributed by atoms with Crippen LogP contribution in [-0.2, 0) is 10.2 Å². The normalized spacial score (nSPS) is 22.9. The number of nitrogens with zero attached hydrogens (tertiary/aromatic N) is 1. The van der Waals surface area contributed by atoms with Crippen LogP contribution in [0.15, 0.2) is 116 Å². The molecule has 3 aliphatic heterocycles. The molecule has 0 unspecified atom stereocenters. The molecular weight excluding hydrogens is 536 g/mol. The van der Waals surface area contributed by atoms with Gasteiger partial charge >= 0.3 is 0 Å². The van der Waals surface area contributed by atoms with Gasteiger partial charge in [-0.25, -0.2) is 0 Å². The largest absolute Gasteiger partial charge is 0.490 e. The summed E-state index contributed by atoms with van der Waals surface area (Å²) >= 11 is 0. The fourth-order valence-corrected chi connectivity index (χ4v) is 7.13. The minimum atomic E-state index is -1.38. The molecule has 1 saturated heterocycles. The molecule has 0 aliphatic carbocycles. The van der Waals surface area contributed by atoms with Crippen molar-refractivity contribution in [3.8, 4) is 5.75 Å². The van der Waals surface area contributed by atoms with Gasteiger partial charge in [0.15, 0.2) is 11.6 Å². The van der Waals surface area contributed by atoms with Crippen LogP contribution in [-0.4, -0.2) is 35.0 Å². The number of aryl methyl sites for hydroxylation is 1. The number of hydrogen-bond donors (Lipinski definition) is 1. The topological polar surface area (TPSA) is 75.7 Å². The van der Waals surface area contributed by atoms with Crippen LogP contribution in [0.5, 0.6) is 5.75 Å². The van der Waals surface area contributed by atoms with Crippen LogP contribution in [0.3, 0.4) is 0 Å². The molecule has 0 bridgehead atoms. The van der Waals surface area contributed by atoms with Crippen molar-refractivity contribution in [2.24, 2.45) is 5.92 Å². The Hall–Kier alpha value is -5.23. The molecule has 1 fully saturated rings. The Morgan fingerprint density at radius 3 is 2.51 bits per heavy atom. The number of hydrogen-bond acceptors (Lipinski definition) is 5. The molecule has 6 heteroatoms. The van der Waals surface area contributed by atoms with E-state index in [1.807, 2.05) is 84.8 Å². The number of carbonyl (C=O) groups excluding carboxylic acids is 3. The van der Waals surface area contributed by atoms with Crippen LogP contribution in [0.2, 0.25) is 0 Å². The smallest absolute Gasteiger partial charge is 0.238 e. The fraction of sp³-hybridized carbons (Fsp3) is 0.162. The van der Waals surface area contributed by atoms with Gasteiger partial charge in [0.2, 0.25) is 5.91 Å². The van der Waals surface area contributed by atoms with E-state index in [1.54, 1.807) is 42.5 Å². The molecule has 212 valence electrons. The van der Waals surface area contributed by atoms with E-state index in [0.717, 1.165) is 22.3 Å². The number of carbonyl (C=O) groups is 3. The first-order valence-electron chi connectivity index (χ1n) is 14.4. The van der Waals surface area contributed by atoms with Gasteiger partial charge in [-0.3, -0.25) is 14.4 Å². The van der Waals surface area contributed by atoms with Crippen LogP contribution < -0.4 is 10.1 Å². The van der Waals surface area contributed by atoms with Gasteiger partial charge in [-0.15, -0.1) is 0 Å². The number of benzene rings is 4. The molecular formula is C37H30N2O4. The second-order valence-electron chi connectivity index (χ2n) is 11.3. The summed E-state index contributed by atoms with van der Waals surface area (Å²) < 4.78 is 5.76. The number of fused-ring (bicyclic) bond motifs is 6.